The van der Waals surface area contributed by atoms with E-state index in [2.05, 4.69) is 39.7 Å². The predicted molar refractivity (Wildman–Crippen MR) is 110 cm³/mol. The predicted octanol–water partition coefficient (Wildman–Crippen LogP) is 3.36. The summed E-state index contributed by atoms with van der Waals surface area (Å²) in [5, 5.41) is 14.6. The smallest absolute Gasteiger partial charge is 0.251 e. The first kappa shape index (κ1) is 18.8. The average Bonchev–Trinajstić information content (AvgIpc) is 3.37. The van der Waals surface area contributed by atoms with Crippen LogP contribution in [0.5, 0.6) is 0 Å². The molecule has 2 unspecified atom stereocenters. The minimum absolute atomic E-state index is 0.143. The number of carbonyl (C=O) groups is 1. The SMILES string of the molecule is CCC(C)C(NC(=O)c1ccc(-n2nnnc2C)cc1)c1nc2ccccc2[nH]1. The fraction of sp³-hybridized carbons (Fsp3) is 0.286. The molecule has 2 atom stereocenters. The Bertz CT molecular complexity index is 1100. The molecule has 4 aromatic rings. The van der Waals surface area contributed by atoms with Crippen LogP contribution in [0.4, 0.5) is 0 Å². The van der Waals surface area contributed by atoms with Gasteiger partial charge in [-0.15, -0.1) is 5.10 Å². The van der Waals surface area contributed by atoms with Crippen molar-refractivity contribution >= 4 is 16.9 Å². The van der Waals surface area contributed by atoms with Crippen molar-refractivity contribution in [2.45, 2.75) is 33.2 Å². The number of tetrazole rings is 1. The van der Waals surface area contributed by atoms with Gasteiger partial charge >= 0.3 is 0 Å². The maximum atomic E-state index is 12.9. The minimum atomic E-state index is -0.207. The number of para-hydroxylation sites is 2. The first-order valence-corrected chi connectivity index (χ1v) is 9.67. The summed E-state index contributed by atoms with van der Waals surface area (Å²) in [4.78, 5) is 21.0. The van der Waals surface area contributed by atoms with Gasteiger partial charge in [0.25, 0.3) is 5.91 Å². The molecule has 0 saturated heterocycles. The number of aromatic amines is 1. The molecule has 0 radical (unpaired) electrons. The Labute approximate surface area is 168 Å². The molecule has 0 aliphatic carbocycles. The van der Waals surface area contributed by atoms with Gasteiger partial charge in [-0.2, -0.15) is 4.68 Å². The topological polar surface area (TPSA) is 101 Å². The lowest BCUT2D eigenvalue weighted by molar-refractivity contribution is 0.0920. The van der Waals surface area contributed by atoms with E-state index in [-0.39, 0.29) is 17.9 Å². The number of rotatable bonds is 6. The number of fused-ring (bicyclic) bond motifs is 1. The van der Waals surface area contributed by atoms with Crippen LogP contribution >= 0.6 is 0 Å². The monoisotopic (exact) mass is 389 g/mol. The van der Waals surface area contributed by atoms with E-state index < -0.39 is 0 Å². The summed E-state index contributed by atoms with van der Waals surface area (Å²) >= 11 is 0. The maximum Gasteiger partial charge on any atom is 0.251 e. The molecule has 2 N–H and O–H groups in total. The molecule has 0 spiro atoms. The summed E-state index contributed by atoms with van der Waals surface area (Å²) in [6.45, 7) is 6.04. The molecule has 2 aromatic heterocycles. The molecular weight excluding hydrogens is 366 g/mol. The van der Waals surface area contributed by atoms with Gasteiger partial charge in [0.2, 0.25) is 0 Å². The zero-order chi connectivity index (χ0) is 20.4. The Hall–Kier alpha value is -3.55. The molecule has 0 fully saturated rings. The molecule has 2 heterocycles. The third kappa shape index (κ3) is 3.73. The normalized spacial score (nSPS) is 13.3. The Morgan fingerprint density at radius 2 is 1.93 bits per heavy atom. The largest absolute Gasteiger partial charge is 0.342 e. The van der Waals surface area contributed by atoms with E-state index in [4.69, 9.17) is 4.98 Å². The van der Waals surface area contributed by atoms with Gasteiger partial charge in [-0.1, -0.05) is 32.4 Å². The second-order valence-electron chi connectivity index (χ2n) is 7.16. The van der Waals surface area contributed by atoms with Crippen molar-refractivity contribution in [3.05, 3.63) is 65.7 Å². The van der Waals surface area contributed by atoms with Gasteiger partial charge < -0.3 is 10.3 Å². The second kappa shape index (κ2) is 7.83. The number of imidazole rings is 1. The van der Waals surface area contributed by atoms with E-state index in [1.165, 1.54) is 0 Å². The van der Waals surface area contributed by atoms with Crippen LogP contribution in [-0.4, -0.2) is 36.1 Å². The minimum Gasteiger partial charge on any atom is -0.342 e. The molecule has 29 heavy (non-hydrogen) atoms. The van der Waals surface area contributed by atoms with E-state index in [0.29, 0.717) is 11.4 Å². The van der Waals surface area contributed by atoms with Gasteiger partial charge in [0.05, 0.1) is 22.8 Å². The second-order valence-corrected chi connectivity index (χ2v) is 7.16. The third-order valence-electron chi connectivity index (χ3n) is 5.20. The molecule has 8 heteroatoms. The zero-order valence-electron chi connectivity index (χ0n) is 16.6. The van der Waals surface area contributed by atoms with Crippen molar-refractivity contribution in [1.29, 1.82) is 0 Å². The summed E-state index contributed by atoms with van der Waals surface area (Å²) in [5.41, 5.74) is 3.24. The molecule has 0 aliphatic rings. The number of amides is 1. The Balaban J connectivity index is 1.57. The van der Waals surface area contributed by atoms with Gasteiger partial charge in [-0.05, 0) is 59.7 Å². The zero-order valence-corrected chi connectivity index (χ0v) is 16.6. The number of H-pyrrole nitrogens is 1. The molecule has 1 amide bonds. The lowest BCUT2D eigenvalue weighted by Crippen LogP contribution is -2.33. The van der Waals surface area contributed by atoms with Crippen molar-refractivity contribution in [1.82, 2.24) is 35.5 Å². The van der Waals surface area contributed by atoms with Crippen LogP contribution in [0.25, 0.3) is 16.7 Å². The summed E-state index contributed by atoms with van der Waals surface area (Å²) in [5.74, 6) is 1.54. The van der Waals surface area contributed by atoms with E-state index >= 15 is 0 Å². The van der Waals surface area contributed by atoms with Crippen molar-refractivity contribution in [2.75, 3.05) is 0 Å². The Morgan fingerprint density at radius 3 is 2.59 bits per heavy atom. The van der Waals surface area contributed by atoms with Crippen molar-refractivity contribution in [3.8, 4) is 5.69 Å². The van der Waals surface area contributed by atoms with Crippen molar-refractivity contribution in [2.24, 2.45) is 5.92 Å². The van der Waals surface area contributed by atoms with Crippen molar-refractivity contribution < 1.29 is 4.79 Å². The number of nitrogens with zero attached hydrogens (tertiary/aromatic N) is 5. The summed E-state index contributed by atoms with van der Waals surface area (Å²) in [6.07, 6.45) is 0.916. The van der Waals surface area contributed by atoms with Crippen molar-refractivity contribution in [3.63, 3.8) is 0 Å². The highest BCUT2D eigenvalue weighted by Gasteiger charge is 2.24. The standard InChI is InChI=1S/C21H23N7O/c1-4-13(2)19(20-22-17-7-5-6-8-18(17)23-20)24-21(29)15-9-11-16(12-10-15)28-14(3)25-26-27-28/h5-13,19H,4H2,1-3H3,(H,22,23)(H,24,29). The van der Waals surface area contributed by atoms with Crippen LogP contribution in [0.2, 0.25) is 0 Å². The average molecular weight is 389 g/mol. The lowest BCUT2D eigenvalue weighted by Gasteiger charge is -2.22. The summed E-state index contributed by atoms with van der Waals surface area (Å²) in [6, 6.07) is 14.9. The van der Waals surface area contributed by atoms with Crippen LogP contribution in [0.1, 0.15) is 48.3 Å². The fourth-order valence-corrected chi connectivity index (χ4v) is 3.28. The number of aromatic nitrogens is 6. The quantitative estimate of drug-likeness (QED) is 0.526. The first-order valence-electron chi connectivity index (χ1n) is 9.67. The van der Waals surface area contributed by atoms with Crippen LogP contribution < -0.4 is 5.32 Å². The fourth-order valence-electron chi connectivity index (χ4n) is 3.28. The molecule has 0 bridgehead atoms. The van der Waals surface area contributed by atoms with Gasteiger partial charge in [0.1, 0.15) is 5.82 Å². The number of hydrogen-bond acceptors (Lipinski definition) is 5. The van der Waals surface area contributed by atoms with Gasteiger partial charge in [0.15, 0.2) is 5.82 Å². The number of aryl methyl sites for hydroxylation is 1. The Morgan fingerprint density at radius 1 is 1.17 bits per heavy atom. The number of nitrogens with one attached hydrogen (secondary N) is 2. The van der Waals surface area contributed by atoms with Gasteiger partial charge in [-0.3, -0.25) is 4.79 Å². The Kier molecular flexibility index (Phi) is 5.07. The first-order chi connectivity index (χ1) is 14.1. The maximum absolute atomic E-state index is 12.9. The summed E-state index contributed by atoms with van der Waals surface area (Å²) in [7, 11) is 0. The summed E-state index contributed by atoms with van der Waals surface area (Å²) < 4.78 is 1.62. The van der Waals surface area contributed by atoms with E-state index in [1.54, 1.807) is 16.8 Å². The van der Waals surface area contributed by atoms with E-state index in [1.807, 2.05) is 43.3 Å². The molecule has 0 saturated carbocycles. The molecule has 2 aromatic carbocycles. The number of hydrogen-bond donors (Lipinski definition) is 2. The highest BCUT2D eigenvalue weighted by Crippen LogP contribution is 2.25. The van der Waals surface area contributed by atoms with E-state index in [0.717, 1.165) is 29.0 Å². The number of carbonyl (C=O) groups excluding carboxylic acids is 1. The molecule has 8 nitrogen and oxygen atoms in total. The number of benzene rings is 2. The van der Waals surface area contributed by atoms with Crippen LogP contribution in [-0.2, 0) is 0 Å². The lowest BCUT2D eigenvalue weighted by atomic mass is 9.98. The third-order valence-corrected chi connectivity index (χ3v) is 5.20. The molecular formula is C21H23N7O. The van der Waals surface area contributed by atoms with Crippen LogP contribution in [0.3, 0.4) is 0 Å². The van der Waals surface area contributed by atoms with Crippen LogP contribution in [0, 0.1) is 12.8 Å². The van der Waals surface area contributed by atoms with Crippen LogP contribution in [0.15, 0.2) is 48.5 Å². The molecule has 4 rings (SSSR count). The highest BCUT2D eigenvalue weighted by molar-refractivity contribution is 5.94. The van der Waals surface area contributed by atoms with E-state index in [9.17, 15) is 4.79 Å². The molecule has 0 aliphatic heterocycles. The van der Waals surface area contributed by atoms with Gasteiger partial charge in [-0.25, -0.2) is 4.98 Å². The molecule has 148 valence electrons. The highest BCUT2D eigenvalue weighted by atomic mass is 16.1. The van der Waals surface area contributed by atoms with Gasteiger partial charge in [0, 0.05) is 5.56 Å².